The second-order valence-corrected chi connectivity index (χ2v) is 6.97. The number of nitrogens with zero attached hydrogens (tertiary/aromatic N) is 2. The smallest absolute Gasteiger partial charge is 0.362 e. The summed E-state index contributed by atoms with van der Waals surface area (Å²) >= 11 is 5.70. The normalized spacial score (nSPS) is 24.8. The molecule has 0 saturated carbocycles. The summed E-state index contributed by atoms with van der Waals surface area (Å²) < 4.78 is -0.798. The highest BCUT2D eigenvalue weighted by Gasteiger charge is 2.43. The molecule has 3 atom stereocenters. The summed E-state index contributed by atoms with van der Waals surface area (Å²) in [6.07, 6.45) is 2.37. The van der Waals surface area contributed by atoms with Crippen LogP contribution in [0.1, 0.15) is 31.7 Å². The fraction of sp³-hybridized carbons (Fsp3) is 0.556. The number of halogens is 1. The van der Waals surface area contributed by atoms with E-state index < -0.39 is 28.1 Å². The van der Waals surface area contributed by atoms with Crippen molar-refractivity contribution in [2.24, 2.45) is 0 Å². The van der Waals surface area contributed by atoms with E-state index in [1.54, 1.807) is 0 Å². The zero-order valence-electron chi connectivity index (χ0n) is 14.4. The maximum absolute atomic E-state index is 13.3. The number of aliphatic carboxylic acids is 1. The number of unbranched alkanes of at least 4 members (excludes halogenated alkanes) is 1. The average molecular weight is 369 g/mol. The molecule has 0 bridgehead atoms. The third kappa shape index (κ3) is 4.93. The first-order valence-electron chi connectivity index (χ1n) is 8.68. The Labute approximate surface area is 153 Å². The van der Waals surface area contributed by atoms with Gasteiger partial charge in [0.05, 0.1) is 19.1 Å². The number of carboxylic acids is 1. The first-order valence-corrected chi connectivity index (χ1v) is 9.05. The number of carbonyl (C=O) groups excluding carboxylic acids is 1. The molecule has 0 aliphatic carbocycles. The van der Waals surface area contributed by atoms with Gasteiger partial charge in [-0.2, -0.15) is 0 Å². The largest absolute Gasteiger partial charge is 0.632 e. The molecule has 1 aromatic carbocycles. The van der Waals surface area contributed by atoms with E-state index in [2.05, 4.69) is 0 Å². The highest BCUT2D eigenvalue weighted by Crippen LogP contribution is 2.27. The second kappa shape index (κ2) is 8.65. The number of carbonyl (C=O) groups is 2. The fourth-order valence-corrected chi connectivity index (χ4v) is 3.76. The summed E-state index contributed by atoms with van der Waals surface area (Å²) in [5.41, 5.74) is 0.990. The van der Waals surface area contributed by atoms with Crippen molar-refractivity contribution < 1.29 is 19.3 Å². The van der Waals surface area contributed by atoms with Crippen molar-refractivity contribution in [3.8, 4) is 0 Å². The summed E-state index contributed by atoms with van der Waals surface area (Å²) in [4.78, 5) is 24.9. The number of carboxylic acid groups (broad SMARTS) is 1. The van der Waals surface area contributed by atoms with Crippen LogP contribution in [-0.4, -0.2) is 57.7 Å². The van der Waals surface area contributed by atoms with E-state index in [1.165, 1.54) is 4.90 Å². The third-order valence-corrected chi connectivity index (χ3v) is 5.12. The fourth-order valence-electron chi connectivity index (χ4n) is 3.54. The van der Waals surface area contributed by atoms with Gasteiger partial charge >= 0.3 is 11.3 Å². The monoisotopic (exact) mass is 368 g/mol. The van der Waals surface area contributed by atoms with E-state index in [0.29, 0.717) is 19.3 Å². The standard InChI is InChI=1S/C18H25ClN2O4/c1-2-3-9-16(17(22)23)21(25)11-10-20(18(19)24)15(13-21)12-14-7-5-4-6-8-14/h4-8,15-16H,2-3,9-13H2,1H3,(H,22,23). The Hall–Kier alpha value is -1.63. The second-order valence-electron chi connectivity index (χ2n) is 6.64. The van der Waals surface area contributed by atoms with Crippen LogP contribution in [0, 0.1) is 5.21 Å². The molecule has 1 heterocycles. The molecule has 1 amide bonds. The lowest BCUT2D eigenvalue weighted by Crippen LogP contribution is -2.66. The van der Waals surface area contributed by atoms with Gasteiger partial charge in [0.2, 0.25) is 0 Å². The number of rotatable bonds is 7. The van der Waals surface area contributed by atoms with Gasteiger partial charge in [0.1, 0.15) is 6.54 Å². The van der Waals surface area contributed by atoms with Crippen molar-refractivity contribution in [1.29, 1.82) is 0 Å². The number of quaternary nitrogens is 1. The van der Waals surface area contributed by atoms with Crippen LogP contribution in [-0.2, 0) is 11.2 Å². The predicted octanol–water partition coefficient (Wildman–Crippen LogP) is 3.23. The summed E-state index contributed by atoms with van der Waals surface area (Å²) in [5.74, 6) is -1.06. The first-order chi connectivity index (χ1) is 11.9. The molecular formula is C18H25ClN2O4. The summed E-state index contributed by atoms with van der Waals surface area (Å²) in [7, 11) is 0. The third-order valence-electron chi connectivity index (χ3n) is 4.90. The van der Waals surface area contributed by atoms with Gasteiger partial charge in [-0.25, -0.2) is 4.79 Å². The van der Waals surface area contributed by atoms with Gasteiger partial charge in [-0.05, 0) is 30.0 Å². The van der Waals surface area contributed by atoms with Gasteiger partial charge in [-0.1, -0.05) is 43.7 Å². The molecule has 25 heavy (non-hydrogen) atoms. The molecule has 2 rings (SSSR count). The van der Waals surface area contributed by atoms with Crippen LogP contribution in [0.15, 0.2) is 30.3 Å². The van der Waals surface area contributed by atoms with Crippen LogP contribution in [0.25, 0.3) is 0 Å². The molecule has 0 spiro atoms. The van der Waals surface area contributed by atoms with Crippen LogP contribution < -0.4 is 0 Å². The number of amides is 1. The minimum Gasteiger partial charge on any atom is -0.632 e. The molecule has 7 heteroatoms. The van der Waals surface area contributed by atoms with E-state index in [9.17, 15) is 19.9 Å². The molecule has 1 fully saturated rings. The Kier molecular flexibility index (Phi) is 6.81. The lowest BCUT2D eigenvalue weighted by atomic mass is 9.99. The van der Waals surface area contributed by atoms with Crippen molar-refractivity contribution in [2.45, 2.75) is 44.7 Å². The molecule has 138 valence electrons. The van der Waals surface area contributed by atoms with Gasteiger partial charge in [0.15, 0.2) is 6.04 Å². The first kappa shape index (κ1) is 19.7. The lowest BCUT2D eigenvalue weighted by molar-refractivity contribution is -0.904. The number of hydroxylamine groups is 3. The Morgan fingerprint density at radius 1 is 1.40 bits per heavy atom. The molecule has 1 aromatic rings. The van der Waals surface area contributed by atoms with Crippen LogP contribution in [0.4, 0.5) is 4.79 Å². The van der Waals surface area contributed by atoms with Crippen molar-refractivity contribution in [3.63, 3.8) is 0 Å². The highest BCUT2D eigenvalue weighted by atomic mass is 35.5. The van der Waals surface area contributed by atoms with E-state index in [0.717, 1.165) is 12.0 Å². The Bertz CT molecular complexity index is 598. The molecule has 0 radical (unpaired) electrons. The van der Waals surface area contributed by atoms with E-state index in [1.807, 2.05) is 37.3 Å². The maximum atomic E-state index is 13.3. The van der Waals surface area contributed by atoms with Crippen molar-refractivity contribution in [3.05, 3.63) is 41.1 Å². The van der Waals surface area contributed by atoms with Crippen LogP contribution in [0.3, 0.4) is 0 Å². The average Bonchev–Trinajstić information content (AvgIpc) is 2.55. The van der Waals surface area contributed by atoms with E-state index in [4.69, 9.17) is 11.6 Å². The molecule has 1 aliphatic heterocycles. The number of hydrogen-bond donors (Lipinski definition) is 1. The van der Waals surface area contributed by atoms with Crippen molar-refractivity contribution in [2.75, 3.05) is 19.6 Å². The van der Waals surface area contributed by atoms with Gasteiger partial charge in [-0.15, -0.1) is 0 Å². The number of hydrogen-bond acceptors (Lipinski definition) is 3. The van der Waals surface area contributed by atoms with Gasteiger partial charge in [0, 0.05) is 6.42 Å². The van der Waals surface area contributed by atoms with Gasteiger partial charge < -0.3 is 19.9 Å². The zero-order chi connectivity index (χ0) is 18.4. The molecule has 1 N–H and O–H groups in total. The minimum atomic E-state index is -1.06. The Morgan fingerprint density at radius 3 is 2.64 bits per heavy atom. The molecule has 0 aromatic heterocycles. The van der Waals surface area contributed by atoms with Crippen LogP contribution >= 0.6 is 11.6 Å². The zero-order valence-corrected chi connectivity index (χ0v) is 15.2. The number of piperazine rings is 1. The van der Waals surface area contributed by atoms with Crippen molar-refractivity contribution in [1.82, 2.24) is 4.90 Å². The van der Waals surface area contributed by atoms with E-state index in [-0.39, 0.29) is 19.6 Å². The Balaban J connectivity index is 2.21. The topological polar surface area (TPSA) is 80.7 Å². The van der Waals surface area contributed by atoms with Crippen LogP contribution in [0.2, 0.25) is 0 Å². The van der Waals surface area contributed by atoms with Crippen LogP contribution in [0.5, 0.6) is 0 Å². The minimum absolute atomic E-state index is 0.0496. The van der Waals surface area contributed by atoms with Gasteiger partial charge in [-0.3, -0.25) is 4.79 Å². The molecular weight excluding hydrogens is 344 g/mol. The highest BCUT2D eigenvalue weighted by molar-refractivity contribution is 6.62. The predicted molar refractivity (Wildman–Crippen MR) is 96.2 cm³/mol. The molecule has 6 nitrogen and oxygen atoms in total. The maximum Gasteiger partial charge on any atom is 0.362 e. The van der Waals surface area contributed by atoms with Crippen molar-refractivity contribution >= 4 is 22.9 Å². The summed E-state index contributed by atoms with van der Waals surface area (Å²) in [5, 5.41) is 22.3. The quantitative estimate of drug-likeness (QED) is 0.347. The molecule has 3 unspecified atom stereocenters. The summed E-state index contributed by atoms with van der Waals surface area (Å²) in [6, 6.07) is 8.14. The van der Waals surface area contributed by atoms with E-state index >= 15 is 0 Å². The van der Waals surface area contributed by atoms with Gasteiger partial charge in [0.25, 0.3) is 0 Å². The lowest BCUT2D eigenvalue weighted by Gasteiger charge is -2.54. The SMILES string of the molecule is CCCCC(C(=O)O)[N+]1([O-])CCN(C(=O)Cl)C(Cc2ccccc2)C1. The number of benzene rings is 1. The molecule has 1 saturated heterocycles. The summed E-state index contributed by atoms with van der Waals surface area (Å²) in [6.45, 7) is 2.26. The Morgan fingerprint density at radius 2 is 2.08 bits per heavy atom. The molecule has 1 aliphatic rings.